The van der Waals surface area contributed by atoms with Gasteiger partial charge < -0.3 is 15.4 Å². The Morgan fingerprint density at radius 3 is 2.47 bits per heavy atom. The van der Waals surface area contributed by atoms with E-state index >= 15 is 0 Å². The number of carbonyl (C=O) groups is 2. The molecule has 10 heteroatoms. The maximum Gasteiger partial charge on any atom is 0.274 e. The summed E-state index contributed by atoms with van der Waals surface area (Å²) in [5, 5.41) is 10.6. The van der Waals surface area contributed by atoms with Crippen LogP contribution in [0.1, 0.15) is 48.5 Å². The van der Waals surface area contributed by atoms with E-state index in [1.165, 1.54) is 16.8 Å². The van der Waals surface area contributed by atoms with Gasteiger partial charge in [-0.25, -0.2) is 9.67 Å². The van der Waals surface area contributed by atoms with E-state index in [2.05, 4.69) is 20.7 Å². The van der Waals surface area contributed by atoms with Crippen LogP contribution in [-0.2, 0) is 0 Å². The SMILES string of the molecule is CC(C)NC(=O)c1cc(Cl)ccc1NC(=O)c1cc(OC(C)C)nn1-c1ncccc1Cl. The van der Waals surface area contributed by atoms with Crippen LogP contribution < -0.4 is 15.4 Å². The highest BCUT2D eigenvalue weighted by atomic mass is 35.5. The summed E-state index contributed by atoms with van der Waals surface area (Å²) < 4.78 is 6.96. The molecule has 0 fully saturated rings. The van der Waals surface area contributed by atoms with Crippen LogP contribution in [0.25, 0.3) is 5.82 Å². The van der Waals surface area contributed by atoms with Crippen molar-refractivity contribution in [2.75, 3.05) is 5.32 Å². The van der Waals surface area contributed by atoms with E-state index in [0.29, 0.717) is 15.7 Å². The van der Waals surface area contributed by atoms with Crippen LogP contribution in [0.3, 0.4) is 0 Å². The third-order valence-corrected chi connectivity index (χ3v) is 4.64. The van der Waals surface area contributed by atoms with Gasteiger partial charge in [0.05, 0.1) is 22.4 Å². The van der Waals surface area contributed by atoms with E-state index in [1.807, 2.05) is 27.7 Å². The third kappa shape index (κ3) is 5.57. The number of halogens is 2. The molecule has 168 valence electrons. The van der Waals surface area contributed by atoms with Crippen LogP contribution in [0.4, 0.5) is 5.69 Å². The van der Waals surface area contributed by atoms with Crippen LogP contribution in [0, 0.1) is 0 Å². The second kappa shape index (κ2) is 10.0. The van der Waals surface area contributed by atoms with Gasteiger partial charge in [0.2, 0.25) is 5.88 Å². The van der Waals surface area contributed by atoms with Crippen LogP contribution in [0.5, 0.6) is 5.88 Å². The zero-order chi connectivity index (χ0) is 23.4. The van der Waals surface area contributed by atoms with Gasteiger partial charge >= 0.3 is 0 Å². The first-order valence-electron chi connectivity index (χ1n) is 9.95. The zero-order valence-corrected chi connectivity index (χ0v) is 19.5. The Morgan fingerprint density at radius 2 is 1.81 bits per heavy atom. The lowest BCUT2D eigenvalue weighted by molar-refractivity contribution is 0.0944. The monoisotopic (exact) mass is 475 g/mol. The molecular weight excluding hydrogens is 453 g/mol. The molecule has 3 rings (SSSR count). The Morgan fingerprint density at radius 1 is 1.06 bits per heavy atom. The number of pyridine rings is 1. The first-order chi connectivity index (χ1) is 15.2. The third-order valence-electron chi connectivity index (χ3n) is 4.11. The number of nitrogens with zero attached hydrogens (tertiary/aromatic N) is 3. The van der Waals surface area contributed by atoms with Crippen molar-refractivity contribution in [1.29, 1.82) is 0 Å². The van der Waals surface area contributed by atoms with Gasteiger partial charge in [-0.05, 0) is 58.0 Å². The lowest BCUT2D eigenvalue weighted by Gasteiger charge is -2.14. The summed E-state index contributed by atoms with van der Waals surface area (Å²) in [7, 11) is 0. The Balaban J connectivity index is 2.01. The average molecular weight is 476 g/mol. The predicted molar refractivity (Wildman–Crippen MR) is 124 cm³/mol. The van der Waals surface area contributed by atoms with Crippen molar-refractivity contribution in [1.82, 2.24) is 20.1 Å². The fourth-order valence-corrected chi connectivity index (χ4v) is 3.23. The van der Waals surface area contributed by atoms with Crippen molar-refractivity contribution >= 4 is 40.7 Å². The van der Waals surface area contributed by atoms with E-state index in [9.17, 15) is 9.59 Å². The molecule has 0 aliphatic carbocycles. The van der Waals surface area contributed by atoms with Gasteiger partial charge in [0.15, 0.2) is 5.82 Å². The number of benzene rings is 1. The number of carbonyl (C=O) groups excluding carboxylic acids is 2. The van der Waals surface area contributed by atoms with Crippen LogP contribution in [0.15, 0.2) is 42.6 Å². The van der Waals surface area contributed by atoms with Gasteiger partial charge in [0.1, 0.15) is 5.69 Å². The van der Waals surface area contributed by atoms with Crippen molar-refractivity contribution < 1.29 is 14.3 Å². The summed E-state index contributed by atoms with van der Waals surface area (Å²) in [6, 6.07) is 9.36. The number of rotatable bonds is 7. The summed E-state index contributed by atoms with van der Waals surface area (Å²) in [6.07, 6.45) is 1.39. The second-order valence-electron chi connectivity index (χ2n) is 7.53. The number of hydrogen-bond donors (Lipinski definition) is 2. The molecule has 2 heterocycles. The fourth-order valence-electron chi connectivity index (χ4n) is 2.85. The Kier molecular flexibility index (Phi) is 7.37. The minimum absolute atomic E-state index is 0.0893. The van der Waals surface area contributed by atoms with E-state index < -0.39 is 5.91 Å². The highest BCUT2D eigenvalue weighted by Gasteiger charge is 2.22. The van der Waals surface area contributed by atoms with Crippen LogP contribution in [-0.4, -0.2) is 38.7 Å². The van der Waals surface area contributed by atoms with E-state index in [0.717, 1.165) is 0 Å². The first kappa shape index (κ1) is 23.6. The molecule has 0 spiro atoms. The second-order valence-corrected chi connectivity index (χ2v) is 8.37. The van der Waals surface area contributed by atoms with Crippen molar-refractivity contribution in [3.8, 4) is 11.7 Å². The lowest BCUT2D eigenvalue weighted by Crippen LogP contribution is -2.31. The van der Waals surface area contributed by atoms with Gasteiger partial charge in [-0.2, -0.15) is 0 Å². The predicted octanol–water partition coefficient (Wildman–Crippen LogP) is 4.75. The molecule has 8 nitrogen and oxygen atoms in total. The van der Waals surface area contributed by atoms with E-state index in [4.69, 9.17) is 27.9 Å². The standard InChI is InChI=1S/C22H23Cl2N5O3/c1-12(2)26-21(30)15-10-14(23)7-8-17(15)27-22(31)18-11-19(32-13(3)4)28-29(18)20-16(24)6-5-9-25-20/h5-13H,1-4H3,(H,26,30)(H,27,31). The van der Waals surface area contributed by atoms with E-state index in [1.54, 1.807) is 30.5 Å². The lowest BCUT2D eigenvalue weighted by atomic mass is 10.1. The van der Waals surface area contributed by atoms with Crippen molar-refractivity contribution in [3.63, 3.8) is 0 Å². The molecule has 0 saturated heterocycles. The summed E-state index contributed by atoms with van der Waals surface area (Å²) in [5.41, 5.74) is 0.662. The summed E-state index contributed by atoms with van der Waals surface area (Å²) in [4.78, 5) is 30.1. The molecule has 3 aromatic rings. The van der Waals surface area contributed by atoms with Crippen LogP contribution in [0.2, 0.25) is 10.0 Å². The summed E-state index contributed by atoms with van der Waals surface area (Å²) in [5.74, 6) is -0.380. The molecule has 0 aliphatic rings. The zero-order valence-electron chi connectivity index (χ0n) is 18.0. The van der Waals surface area contributed by atoms with Crippen molar-refractivity contribution in [2.24, 2.45) is 0 Å². The molecule has 0 saturated carbocycles. The maximum atomic E-state index is 13.2. The molecule has 0 aliphatic heterocycles. The number of aromatic nitrogens is 3. The molecular formula is C22H23Cl2N5O3. The van der Waals surface area contributed by atoms with Gasteiger partial charge in [0, 0.05) is 23.3 Å². The fraction of sp³-hybridized carbons (Fsp3) is 0.273. The number of hydrogen-bond acceptors (Lipinski definition) is 5. The maximum absolute atomic E-state index is 13.2. The quantitative estimate of drug-likeness (QED) is 0.513. The van der Waals surface area contributed by atoms with Gasteiger partial charge in [-0.15, -0.1) is 5.10 Å². The topological polar surface area (TPSA) is 98.1 Å². The molecule has 2 aromatic heterocycles. The first-order valence-corrected chi connectivity index (χ1v) is 10.7. The molecule has 1 aromatic carbocycles. The number of anilines is 1. The van der Waals surface area contributed by atoms with Gasteiger partial charge in [-0.3, -0.25) is 9.59 Å². The number of nitrogens with one attached hydrogen (secondary N) is 2. The number of ether oxygens (including phenoxy) is 1. The van der Waals surface area contributed by atoms with Crippen molar-refractivity contribution in [2.45, 2.75) is 39.8 Å². The highest BCUT2D eigenvalue weighted by molar-refractivity contribution is 6.32. The largest absolute Gasteiger partial charge is 0.474 e. The Labute approximate surface area is 195 Å². The molecule has 0 atom stereocenters. The summed E-state index contributed by atoms with van der Waals surface area (Å²) in [6.45, 7) is 7.37. The molecule has 0 bridgehead atoms. The van der Waals surface area contributed by atoms with Gasteiger partial charge in [-0.1, -0.05) is 23.2 Å². The molecule has 2 N–H and O–H groups in total. The Hall–Kier alpha value is -3.10. The smallest absolute Gasteiger partial charge is 0.274 e. The minimum atomic E-state index is -0.529. The van der Waals surface area contributed by atoms with Crippen molar-refractivity contribution in [3.05, 3.63) is 63.9 Å². The average Bonchev–Trinajstić information content (AvgIpc) is 3.12. The number of amides is 2. The normalized spacial score (nSPS) is 11.0. The summed E-state index contributed by atoms with van der Waals surface area (Å²) >= 11 is 12.4. The highest BCUT2D eigenvalue weighted by Crippen LogP contribution is 2.25. The Bertz CT molecular complexity index is 1140. The van der Waals surface area contributed by atoms with Gasteiger partial charge in [0.25, 0.3) is 11.8 Å². The minimum Gasteiger partial charge on any atom is -0.474 e. The van der Waals surface area contributed by atoms with Crippen LogP contribution >= 0.6 is 23.2 Å². The molecule has 0 radical (unpaired) electrons. The van der Waals surface area contributed by atoms with E-state index in [-0.39, 0.29) is 41.0 Å². The molecule has 32 heavy (non-hydrogen) atoms. The molecule has 2 amide bonds. The molecule has 0 unspecified atom stereocenters.